The number of hydrogen-bond acceptors (Lipinski definition) is 6. The number of aliphatic carboxylic acids is 1. The van der Waals surface area contributed by atoms with Crippen LogP contribution in [0.25, 0.3) is 0 Å². The van der Waals surface area contributed by atoms with E-state index in [2.05, 4.69) is 6.58 Å². The van der Waals surface area contributed by atoms with Crippen molar-refractivity contribution in [2.75, 3.05) is 26.4 Å². The minimum absolute atomic E-state index is 0.0582. The number of esters is 1. The molecule has 0 saturated heterocycles. The van der Waals surface area contributed by atoms with Gasteiger partial charge in [0.15, 0.2) is 0 Å². The predicted octanol–water partition coefficient (Wildman–Crippen LogP) is 1.14. The molecule has 0 heterocycles. The standard InChI is InChI=1S/C15H26O7/c1-3-6-20-7-5-8-21-13(11-22-15(19)4-2)9-12(16)10-14(17)18/h4,12-13,16H,2-3,5-11H2,1H3,(H,17,18). The summed E-state index contributed by atoms with van der Waals surface area (Å²) in [5, 5.41) is 18.3. The molecule has 7 nitrogen and oxygen atoms in total. The number of hydrogen-bond donors (Lipinski definition) is 2. The van der Waals surface area contributed by atoms with E-state index in [1.807, 2.05) is 6.92 Å². The molecule has 0 fully saturated rings. The van der Waals surface area contributed by atoms with E-state index in [0.29, 0.717) is 26.2 Å². The van der Waals surface area contributed by atoms with Crippen LogP contribution in [-0.4, -0.2) is 60.8 Å². The first-order valence-corrected chi connectivity index (χ1v) is 7.38. The van der Waals surface area contributed by atoms with Gasteiger partial charge in [-0.2, -0.15) is 0 Å². The molecular formula is C15H26O7. The summed E-state index contributed by atoms with van der Waals surface area (Å²) in [6, 6.07) is 0. The second kappa shape index (κ2) is 13.2. The molecule has 0 aromatic heterocycles. The lowest BCUT2D eigenvalue weighted by atomic mass is 10.1. The lowest BCUT2D eigenvalue weighted by Gasteiger charge is -2.20. The third kappa shape index (κ3) is 12.3. The molecule has 0 radical (unpaired) electrons. The summed E-state index contributed by atoms with van der Waals surface area (Å²) < 4.78 is 15.7. The summed E-state index contributed by atoms with van der Waals surface area (Å²) in [6.45, 7) is 6.87. The van der Waals surface area contributed by atoms with Gasteiger partial charge in [-0.3, -0.25) is 4.79 Å². The van der Waals surface area contributed by atoms with Gasteiger partial charge < -0.3 is 24.4 Å². The monoisotopic (exact) mass is 318 g/mol. The van der Waals surface area contributed by atoms with Gasteiger partial charge in [0, 0.05) is 32.3 Å². The molecule has 0 aromatic rings. The molecule has 22 heavy (non-hydrogen) atoms. The van der Waals surface area contributed by atoms with Gasteiger partial charge in [-0.25, -0.2) is 4.79 Å². The highest BCUT2D eigenvalue weighted by atomic mass is 16.6. The predicted molar refractivity (Wildman–Crippen MR) is 79.5 cm³/mol. The normalized spacial score (nSPS) is 13.4. The molecule has 0 rings (SSSR count). The molecule has 0 aliphatic rings. The first-order valence-electron chi connectivity index (χ1n) is 7.38. The smallest absolute Gasteiger partial charge is 0.330 e. The fraction of sp³-hybridized carbons (Fsp3) is 0.733. The van der Waals surface area contributed by atoms with Crippen molar-refractivity contribution in [3.05, 3.63) is 12.7 Å². The zero-order valence-electron chi connectivity index (χ0n) is 13.0. The van der Waals surface area contributed by atoms with Gasteiger partial charge in [0.25, 0.3) is 0 Å². The van der Waals surface area contributed by atoms with Crippen LogP contribution >= 0.6 is 0 Å². The SMILES string of the molecule is C=CC(=O)OCC(CC(O)CC(=O)O)OCCCOCCC. The van der Waals surface area contributed by atoms with Crippen LogP contribution in [0.3, 0.4) is 0 Å². The van der Waals surface area contributed by atoms with E-state index in [9.17, 15) is 14.7 Å². The van der Waals surface area contributed by atoms with Crippen LogP contribution in [0.5, 0.6) is 0 Å². The van der Waals surface area contributed by atoms with Gasteiger partial charge in [0.2, 0.25) is 0 Å². The van der Waals surface area contributed by atoms with Crippen LogP contribution in [-0.2, 0) is 23.8 Å². The highest BCUT2D eigenvalue weighted by molar-refractivity contribution is 5.81. The van der Waals surface area contributed by atoms with E-state index in [1.54, 1.807) is 0 Å². The molecular weight excluding hydrogens is 292 g/mol. The highest BCUT2D eigenvalue weighted by Crippen LogP contribution is 2.08. The Morgan fingerprint density at radius 2 is 2.00 bits per heavy atom. The minimum Gasteiger partial charge on any atom is -0.481 e. The molecule has 2 atom stereocenters. The van der Waals surface area contributed by atoms with E-state index < -0.39 is 24.1 Å². The van der Waals surface area contributed by atoms with Crippen molar-refractivity contribution >= 4 is 11.9 Å². The number of carboxylic acids is 1. The van der Waals surface area contributed by atoms with Crippen molar-refractivity contribution in [3.8, 4) is 0 Å². The van der Waals surface area contributed by atoms with Crippen LogP contribution in [0.2, 0.25) is 0 Å². The topological polar surface area (TPSA) is 102 Å². The summed E-state index contributed by atoms with van der Waals surface area (Å²) in [5.41, 5.74) is 0. The fourth-order valence-corrected chi connectivity index (χ4v) is 1.66. The Bertz CT molecular complexity index is 330. The second-order valence-corrected chi connectivity index (χ2v) is 4.78. The average molecular weight is 318 g/mol. The van der Waals surface area contributed by atoms with Crippen molar-refractivity contribution in [3.63, 3.8) is 0 Å². The minimum atomic E-state index is -1.10. The third-order valence-electron chi connectivity index (χ3n) is 2.66. The number of carbonyl (C=O) groups excluding carboxylic acids is 1. The summed E-state index contributed by atoms with van der Waals surface area (Å²) in [6.07, 6.45) is 0.722. The zero-order chi connectivity index (χ0) is 16.8. The Morgan fingerprint density at radius 3 is 2.59 bits per heavy atom. The van der Waals surface area contributed by atoms with Gasteiger partial charge in [-0.1, -0.05) is 13.5 Å². The van der Waals surface area contributed by atoms with Crippen molar-refractivity contribution < 1.29 is 34.0 Å². The van der Waals surface area contributed by atoms with Crippen LogP contribution in [0.1, 0.15) is 32.6 Å². The van der Waals surface area contributed by atoms with Gasteiger partial charge in [-0.05, 0) is 12.8 Å². The molecule has 0 saturated carbocycles. The quantitative estimate of drug-likeness (QED) is 0.281. The van der Waals surface area contributed by atoms with Crippen molar-refractivity contribution in [1.29, 1.82) is 0 Å². The Labute approximate surface area is 130 Å². The molecule has 0 aromatic carbocycles. The maximum atomic E-state index is 11.1. The maximum Gasteiger partial charge on any atom is 0.330 e. The summed E-state index contributed by atoms with van der Waals surface area (Å²) in [7, 11) is 0. The highest BCUT2D eigenvalue weighted by Gasteiger charge is 2.19. The van der Waals surface area contributed by atoms with E-state index >= 15 is 0 Å². The first kappa shape index (κ1) is 20.6. The Kier molecular flexibility index (Phi) is 12.4. The number of aliphatic hydroxyl groups is 1. The van der Waals surface area contributed by atoms with E-state index in [0.717, 1.165) is 12.5 Å². The molecule has 0 aliphatic carbocycles. The summed E-state index contributed by atoms with van der Waals surface area (Å²) >= 11 is 0. The van der Waals surface area contributed by atoms with E-state index in [4.69, 9.17) is 19.3 Å². The Balaban J connectivity index is 4.12. The average Bonchev–Trinajstić information content (AvgIpc) is 2.46. The Morgan fingerprint density at radius 1 is 1.27 bits per heavy atom. The third-order valence-corrected chi connectivity index (χ3v) is 2.66. The molecule has 0 spiro atoms. The molecule has 7 heteroatoms. The molecule has 128 valence electrons. The van der Waals surface area contributed by atoms with Crippen molar-refractivity contribution in [2.45, 2.75) is 44.8 Å². The lowest BCUT2D eigenvalue weighted by Crippen LogP contribution is -2.28. The van der Waals surface area contributed by atoms with Gasteiger partial charge in [0.05, 0.1) is 18.6 Å². The zero-order valence-corrected chi connectivity index (χ0v) is 13.0. The number of rotatable bonds is 14. The molecule has 0 aliphatic heterocycles. The summed E-state index contributed by atoms with van der Waals surface area (Å²) in [4.78, 5) is 21.6. The largest absolute Gasteiger partial charge is 0.481 e. The fourth-order valence-electron chi connectivity index (χ4n) is 1.66. The summed E-state index contributed by atoms with van der Waals surface area (Å²) in [5.74, 6) is -1.69. The molecule has 0 amide bonds. The number of ether oxygens (including phenoxy) is 3. The number of carbonyl (C=O) groups is 2. The maximum absolute atomic E-state index is 11.1. The van der Waals surface area contributed by atoms with Gasteiger partial charge in [0.1, 0.15) is 6.61 Å². The van der Waals surface area contributed by atoms with E-state index in [-0.39, 0.29) is 19.4 Å². The second-order valence-electron chi connectivity index (χ2n) is 4.78. The first-order chi connectivity index (χ1) is 10.5. The number of carboxylic acid groups (broad SMARTS) is 1. The van der Waals surface area contributed by atoms with E-state index in [1.165, 1.54) is 0 Å². The van der Waals surface area contributed by atoms with Crippen LogP contribution in [0.4, 0.5) is 0 Å². The molecule has 2 N–H and O–H groups in total. The van der Waals surface area contributed by atoms with Crippen molar-refractivity contribution in [1.82, 2.24) is 0 Å². The van der Waals surface area contributed by atoms with Gasteiger partial charge in [-0.15, -0.1) is 0 Å². The van der Waals surface area contributed by atoms with Crippen molar-refractivity contribution in [2.24, 2.45) is 0 Å². The molecule has 0 bridgehead atoms. The number of aliphatic hydroxyl groups excluding tert-OH is 1. The van der Waals surface area contributed by atoms with Gasteiger partial charge >= 0.3 is 11.9 Å². The Hall–Kier alpha value is -1.44. The lowest BCUT2D eigenvalue weighted by molar-refractivity contribution is -0.145. The van der Waals surface area contributed by atoms with Crippen LogP contribution < -0.4 is 0 Å². The molecule has 2 unspecified atom stereocenters. The van der Waals surface area contributed by atoms with Crippen LogP contribution in [0.15, 0.2) is 12.7 Å². The van der Waals surface area contributed by atoms with Crippen LogP contribution in [0, 0.1) is 0 Å².